The largest absolute Gasteiger partial charge is 0.399 e. The van der Waals surface area contributed by atoms with E-state index in [0.29, 0.717) is 28.1 Å². The Morgan fingerprint density at radius 1 is 0.589 bits per heavy atom. The molecule has 10 nitrogen and oxygen atoms in total. The maximum Gasteiger partial charge on any atom is 0.269 e. The molecule has 0 saturated carbocycles. The molecule has 0 spiro atoms. The number of hydrogen-bond donors (Lipinski definition) is 3. The number of nitrogens with one attached hydrogen (secondary N) is 2. The second-order valence-electron chi connectivity index (χ2n) is 13.4. The van der Waals surface area contributed by atoms with Crippen LogP contribution in [0.25, 0.3) is 41.6 Å². The maximum absolute atomic E-state index is 12.5. The highest BCUT2D eigenvalue weighted by atomic mass is 32.1. The lowest BCUT2D eigenvalue weighted by molar-refractivity contribution is -0.384. The molecule has 0 aliphatic rings. The molecule has 2 heterocycles. The van der Waals surface area contributed by atoms with Gasteiger partial charge in [-0.25, -0.2) is 9.97 Å². The minimum Gasteiger partial charge on any atom is -0.399 e. The third-order valence-electron chi connectivity index (χ3n) is 9.03. The van der Waals surface area contributed by atoms with Gasteiger partial charge in [-0.3, -0.25) is 19.7 Å². The van der Waals surface area contributed by atoms with Gasteiger partial charge in [-0.1, -0.05) is 12.1 Å². The Bertz CT molecular complexity index is 2770. The highest BCUT2D eigenvalue weighted by Gasteiger charge is 2.15. The monoisotopic (exact) mass is 776 g/mol. The Hall–Kier alpha value is -6.76. The number of nitrogen functional groups attached to an aromatic ring is 1. The predicted molar refractivity (Wildman–Crippen MR) is 229 cm³/mol. The van der Waals surface area contributed by atoms with Crippen molar-refractivity contribution >= 4 is 77.7 Å². The van der Waals surface area contributed by atoms with E-state index in [1.54, 1.807) is 47.8 Å². The van der Waals surface area contributed by atoms with Crippen molar-refractivity contribution in [2.24, 2.45) is 0 Å². The van der Waals surface area contributed by atoms with Crippen molar-refractivity contribution in [1.29, 1.82) is 0 Å². The lowest BCUT2D eigenvalue weighted by Gasteiger charge is -2.08. The average molecular weight is 777 g/mol. The number of aromatic nitrogens is 2. The van der Waals surface area contributed by atoms with Crippen LogP contribution in [0, 0.1) is 37.8 Å². The fourth-order valence-electron chi connectivity index (χ4n) is 6.06. The summed E-state index contributed by atoms with van der Waals surface area (Å²) in [6.45, 7) is 7.70. The van der Waals surface area contributed by atoms with Gasteiger partial charge in [0, 0.05) is 51.4 Å². The number of fused-ring (bicyclic) bond motifs is 2. The molecule has 2 aromatic heterocycles. The highest BCUT2D eigenvalue weighted by molar-refractivity contribution is 7.22. The molecule has 0 aliphatic carbocycles. The number of carbonyl (C=O) groups excluding carboxylic acids is 2. The third-order valence-corrected chi connectivity index (χ3v) is 11.2. The van der Waals surface area contributed by atoms with Crippen molar-refractivity contribution in [2.45, 2.75) is 27.7 Å². The number of carbonyl (C=O) groups is 2. The quantitative estimate of drug-likeness (QED) is 0.0827. The lowest BCUT2D eigenvalue weighted by atomic mass is 10.1. The first-order valence-corrected chi connectivity index (χ1v) is 19.2. The van der Waals surface area contributed by atoms with E-state index in [1.165, 1.54) is 34.0 Å². The molecule has 0 saturated heterocycles. The molecule has 0 radical (unpaired) electrons. The van der Waals surface area contributed by atoms with Gasteiger partial charge in [-0.05, 0) is 147 Å². The van der Waals surface area contributed by atoms with Crippen LogP contribution in [0.3, 0.4) is 0 Å². The highest BCUT2D eigenvalue weighted by Crippen LogP contribution is 2.33. The van der Waals surface area contributed by atoms with E-state index in [1.807, 2.05) is 73.7 Å². The van der Waals surface area contributed by atoms with Crippen molar-refractivity contribution in [2.75, 3.05) is 16.4 Å². The molecule has 4 N–H and O–H groups in total. The van der Waals surface area contributed by atoms with Crippen LogP contribution < -0.4 is 16.4 Å². The number of nitro benzene ring substituents is 1. The number of nitro groups is 1. The Morgan fingerprint density at radius 3 is 1.46 bits per heavy atom. The molecule has 278 valence electrons. The molecule has 0 aliphatic heterocycles. The number of benzene rings is 6. The first kappa shape index (κ1) is 37.6. The van der Waals surface area contributed by atoms with Crippen LogP contribution in [0.5, 0.6) is 0 Å². The Morgan fingerprint density at radius 2 is 1.04 bits per heavy atom. The van der Waals surface area contributed by atoms with Crippen LogP contribution in [0.4, 0.5) is 22.7 Å². The van der Waals surface area contributed by atoms with E-state index in [4.69, 9.17) is 10.7 Å². The second kappa shape index (κ2) is 15.9. The normalized spacial score (nSPS) is 10.9. The van der Waals surface area contributed by atoms with E-state index in [-0.39, 0.29) is 17.5 Å². The first-order chi connectivity index (χ1) is 26.9. The van der Waals surface area contributed by atoms with Crippen molar-refractivity contribution in [3.8, 4) is 21.1 Å². The Kier molecular flexibility index (Phi) is 10.7. The number of thiazole rings is 2. The molecule has 8 rings (SSSR count). The number of nitrogens with two attached hydrogens (primary N) is 1. The number of anilines is 3. The van der Waals surface area contributed by atoms with Crippen molar-refractivity contribution in [3.05, 3.63) is 165 Å². The molecule has 2 amide bonds. The zero-order chi connectivity index (χ0) is 39.5. The minimum atomic E-state index is -0.475. The summed E-state index contributed by atoms with van der Waals surface area (Å²) in [5.74, 6) is -0.448. The van der Waals surface area contributed by atoms with Gasteiger partial charge in [0.1, 0.15) is 10.0 Å². The number of amides is 2. The lowest BCUT2D eigenvalue weighted by Crippen LogP contribution is -2.13. The fraction of sp³-hybridized carbons (Fsp3) is 0.0909. The molecule has 0 atom stereocenters. The SMILES string of the molecule is Cc1ccc2nc(-c3ccc(NC(=O)c4ccc(N)cc4C)cc3)sc2c1.Cc1ccc2nc(-c3ccc(NC(=O)c4ccc([N+](=O)[O-])cc4C)cc3)sc2c1. The zero-order valence-electron chi connectivity index (χ0n) is 30.9. The summed E-state index contributed by atoms with van der Waals surface area (Å²) >= 11 is 3.31. The van der Waals surface area contributed by atoms with Gasteiger partial charge in [0.25, 0.3) is 17.5 Å². The third kappa shape index (κ3) is 8.46. The Balaban J connectivity index is 0.000000172. The van der Waals surface area contributed by atoms with Crippen LogP contribution in [0.2, 0.25) is 0 Å². The summed E-state index contributed by atoms with van der Waals surface area (Å²) in [6, 6.07) is 37.2. The van der Waals surface area contributed by atoms with Crippen LogP contribution >= 0.6 is 22.7 Å². The molecule has 0 bridgehead atoms. The maximum atomic E-state index is 12.5. The second-order valence-corrected chi connectivity index (χ2v) is 15.4. The molecule has 56 heavy (non-hydrogen) atoms. The van der Waals surface area contributed by atoms with Crippen molar-refractivity contribution < 1.29 is 14.5 Å². The van der Waals surface area contributed by atoms with E-state index >= 15 is 0 Å². The molecular formula is C44H36N6O4S2. The summed E-state index contributed by atoms with van der Waals surface area (Å²) in [4.78, 5) is 44.8. The number of hydrogen-bond acceptors (Lipinski definition) is 9. The fourth-order valence-corrected chi connectivity index (χ4v) is 8.20. The van der Waals surface area contributed by atoms with Gasteiger partial charge >= 0.3 is 0 Å². The molecule has 0 fully saturated rings. The smallest absolute Gasteiger partial charge is 0.269 e. The topological polar surface area (TPSA) is 153 Å². The van der Waals surface area contributed by atoms with Gasteiger partial charge in [-0.15, -0.1) is 22.7 Å². The minimum absolute atomic E-state index is 0.0329. The number of non-ortho nitro benzene ring substituents is 1. The number of aryl methyl sites for hydroxylation is 4. The average Bonchev–Trinajstić information content (AvgIpc) is 3.79. The molecule has 6 aromatic carbocycles. The first-order valence-electron chi connectivity index (χ1n) is 17.6. The van der Waals surface area contributed by atoms with Gasteiger partial charge in [0.2, 0.25) is 0 Å². The summed E-state index contributed by atoms with van der Waals surface area (Å²) in [5, 5.41) is 18.5. The molecular weight excluding hydrogens is 741 g/mol. The van der Waals surface area contributed by atoms with Crippen LogP contribution in [0.1, 0.15) is 43.0 Å². The number of nitrogens with zero attached hydrogens (tertiary/aromatic N) is 3. The zero-order valence-corrected chi connectivity index (χ0v) is 32.5. The van der Waals surface area contributed by atoms with Gasteiger partial charge < -0.3 is 16.4 Å². The summed E-state index contributed by atoms with van der Waals surface area (Å²) in [7, 11) is 0. The van der Waals surface area contributed by atoms with E-state index in [2.05, 4.69) is 47.7 Å². The van der Waals surface area contributed by atoms with Crippen LogP contribution in [-0.2, 0) is 0 Å². The summed E-state index contributed by atoms with van der Waals surface area (Å²) in [6.07, 6.45) is 0. The van der Waals surface area contributed by atoms with E-state index < -0.39 is 4.92 Å². The molecule has 8 aromatic rings. The van der Waals surface area contributed by atoms with Crippen molar-refractivity contribution in [1.82, 2.24) is 9.97 Å². The summed E-state index contributed by atoms with van der Waals surface area (Å²) in [5.41, 5.74) is 16.6. The van der Waals surface area contributed by atoms with Crippen molar-refractivity contribution in [3.63, 3.8) is 0 Å². The predicted octanol–water partition coefficient (Wildman–Crippen LogP) is 11.2. The van der Waals surface area contributed by atoms with E-state index in [9.17, 15) is 19.7 Å². The number of rotatable bonds is 7. The Labute approximate surface area is 330 Å². The standard InChI is InChI=1S/C22H17N3O3S.C22H19N3OS/c1-13-3-10-19-20(11-13)29-22(24-19)15-4-6-16(7-5-15)23-21(26)18-9-8-17(25(27)28)12-14(18)2;1-13-3-10-19-20(11-13)27-22(25-19)15-4-7-17(8-5-15)24-21(26)18-9-6-16(23)12-14(18)2/h3-12H,1-2H3,(H,23,26);3-12H,23H2,1-2H3,(H,24,26). The van der Waals surface area contributed by atoms with E-state index in [0.717, 1.165) is 48.1 Å². The summed E-state index contributed by atoms with van der Waals surface area (Å²) < 4.78 is 2.33. The molecule has 12 heteroatoms. The van der Waals surface area contributed by atoms with Crippen LogP contribution in [-0.4, -0.2) is 26.7 Å². The van der Waals surface area contributed by atoms with Crippen LogP contribution in [0.15, 0.2) is 121 Å². The van der Waals surface area contributed by atoms with Gasteiger partial charge in [0.15, 0.2) is 0 Å². The van der Waals surface area contributed by atoms with Gasteiger partial charge in [0.05, 0.1) is 25.4 Å². The molecule has 0 unspecified atom stereocenters. The van der Waals surface area contributed by atoms with Gasteiger partial charge in [-0.2, -0.15) is 0 Å².